The Morgan fingerprint density at radius 1 is 0.545 bits per heavy atom. The average molecular weight is 468 g/mol. The van der Waals surface area contributed by atoms with Crippen LogP contribution in [0.3, 0.4) is 0 Å². The Hall–Kier alpha value is -0.380. The number of aliphatic hydroxyl groups is 2. The minimum absolute atomic E-state index is 0.176. The molecule has 33 heavy (non-hydrogen) atoms. The van der Waals surface area contributed by atoms with Crippen LogP contribution < -0.4 is 5.73 Å². The molecule has 4 N–H and O–H groups in total. The Labute approximate surface area is 208 Å². The SMILES string of the molecule is CCCCCCCCCCCCCCCCCCCCCCCCC/C=C/C(O)C(N)CO. The van der Waals surface area contributed by atoms with Crippen molar-refractivity contribution < 1.29 is 10.2 Å². The van der Waals surface area contributed by atoms with E-state index in [0.29, 0.717) is 0 Å². The summed E-state index contributed by atoms with van der Waals surface area (Å²) >= 11 is 0. The molecular formula is C30H61NO2. The van der Waals surface area contributed by atoms with E-state index in [-0.39, 0.29) is 6.61 Å². The molecule has 0 radical (unpaired) electrons. The van der Waals surface area contributed by atoms with Crippen LogP contribution in [0.2, 0.25) is 0 Å². The number of hydrogen-bond donors (Lipinski definition) is 3. The fourth-order valence-corrected chi connectivity index (χ4v) is 4.53. The molecule has 3 heteroatoms. The lowest BCUT2D eigenvalue weighted by molar-refractivity contribution is 0.144. The molecule has 0 spiro atoms. The molecule has 0 rings (SSSR count). The van der Waals surface area contributed by atoms with E-state index in [1.54, 1.807) is 6.08 Å². The zero-order chi connectivity index (χ0) is 24.2. The van der Waals surface area contributed by atoms with Crippen molar-refractivity contribution in [1.82, 2.24) is 0 Å². The zero-order valence-electron chi connectivity index (χ0n) is 22.5. The highest BCUT2D eigenvalue weighted by atomic mass is 16.3. The summed E-state index contributed by atoms with van der Waals surface area (Å²) in [6, 6.07) is -0.560. The van der Waals surface area contributed by atoms with Gasteiger partial charge in [0.1, 0.15) is 0 Å². The molecule has 198 valence electrons. The molecular weight excluding hydrogens is 406 g/mol. The molecule has 0 aliphatic heterocycles. The Morgan fingerprint density at radius 3 is 1.15 bits per heavy atom. The highest BCUT2D eigenvalue weighted by Gasteiger charge is 2.08. The van der Waals surface area contributed by atoms with Gasteiger partial charge in [-0.1, -0.05) is 160 Å². The molecule has 0 aromatic rings. The van der Waals surface area contributed by atoms with Crippen molar-refractivity contribution in [3.63, 3.8) is 0 Å². The standard InChI is InChI=1S/C30H61NO2/c1-2-3-4-5-6-7-8-9-10-11-12-13-14-15-16-17-18-19-20-21-22-23-24-25-26-27-30(33)29(31)28-32/h26-27,29-30,32-33H,2-25,28,31H2,1H3/b27-26+. The minimum Gasteiger partial charge on any atom is -0.395 e. The molecule has 0 aromatic carbocycles. The van der Waals surface area contributed by atoms with E-state index in [9.17, 15) is 5.11 Å². The highest BCUT2D eigenvalue weighted by molar-refractivity contribution is 4.93. The lowest BCUT2D eigenvalue weighted by Crippen LogP contribution is -2.36. The molecule has 2 unspecified atom stereocenters. The molecule has 0 fully saturated rings. The van der Waals surface area contributed by atoms with E-state index in [2.05, 4.69) is 6.92 Å². The largest absolute Gasteiger partial charge is 0.395 e. The predicted molar refractivity (Wildman–Crippen MR) is 147 cm³/mol. The smallest absolute Gasteiger partial charge is 0.0894 e. The lowest BCUT2D eigenvalue weighted by atomic mass is 10.0. The number of rotatable bonds is 27. The molecule has 0 aliphatic carbocycles. The van der Waals surface area contributed by atoms with Crippen molar-refractivity contribution >= 4 is 0 Å². The van der Waals surface area contributed by atoms with Crippen LogP contribution >= 0.6 is 0 Å². The van der Waals surface area contributed by atoms with Gasteiger partial charge in [0.25, 0.3) is 0 Å². The first-order chi connectivity index (χ1) is 16.2. The van der Waals surface area contributed by atoms with E-state index in [4.69, 9.17) is 10.8 Å². The molecule has 0 aliphatic rings. The predicted octanol–water partition coefficient (Wildman–Crippen LogP) is 8.61. The highest BCUT2D eigenvalue weighted by Crippen LogP contribution is 2.15. The van der Waals surface area contributed by atoms with Crippen LogP contribution in [0.25, 0.3) is 0 Å². The van der Waals surface area contributed by atoms with Crippen molar-refractivity contribution in [3.8, 4) is 0 Å². The third-order valence-electron chi connectivity index (χ3n) is 6.96. The lowest BCUT2D eigenvalue weighted by Gasteiger charge is -2.11. The first-order valence-electron chi connectivity index (χ1n) is 14.9. The van der Waals surface area contributed by atoms with E-state index < -0.39 is 12.1 Å². The average Bonchev–Trinajstić information content (AvgIpc) is 2.83. The molecule has 0 amide bonds. The van der Waals surface area contributed by atoms with Crippen molar-refractivity contribution in [3.05, 3.63) is 12.2 Å². The summed E-state index contributed by atoms with van der Waals surface area (Å²) in [5, 5.41) is 18.5. The molecule has 0 bridgehead atoms. The monoisotopic (exact) mass is 467 g/mol. The summed E-state index contributed by atoms with van der Waals surface area (Å²) < 4.78 is 0. The summed E-state index contributed by atoms with van der Waals surface area (Å²) in [6.45, 7) is 2.12. The first kappa shape index (κ1) is 32.6. The van der Waals surface area contributed by atoms with Gasteiger partial charge in [0.2, 0.25) is 0 Å². The Morgan fingerprint density at radius 2 is 0.848 bits per heavy atom. The Balaban J connectivity index is 3.11. The van der Waals surface area contributed by atoms with Crippen LogP contribution in [0.4, 0.5) is 0 Å². The molecule has 0 aromatic heterocycles. The fraction of sp³-hybridized carbons (Fsp3) is 0.933. The first-order valence-corrected chi connectivity index (χ1v) is 14.9. The molecule has 0 heterocycles. The van der Waals surface area contributed by atoms with Gasteiger partial charge < -0.3 is 15.9 Å². The van der Waals surface area contributed by atoms with Gasteiger partial charge in [0.15, 0.2) is 0 Å². The summed E-state index contributed by atoms with van der Waals surface area (Å²) in [7, 11) is 0. The van der Waals surface area contributed by atoms with E-state index in [1.165, 1.54) is 148 Å². The number of aliphatic hydroxyl groups excluding tert-OH is 2. The molecule has 0 saturated heterocycles. The molecule has 2 atom stereocenters. The number of nitrogens with two attached hydrogens (primary N) is 1. The van der Waals surface area contributed by atoms with Gasteiger partial charge in [-0.3, -0.25) is 0 Å². The van der Waals surface area contributed by atoms with Crippen LogP contribution in [0.1, 0.15) is 161 Å². The molecule has 0 saturated carbocycles. The second-order valence-corrected chi connectivity index (χ2v) is 10.3. The van der Waals surface area contributed by atoms with E-state index in [0.717, 1.165) is 6.42 Å². The minimum atomic E-state index is -0.723. The van der Waals surface area contributed by atoms with Gasteiger partial charge in [0.05, 0.1) is 18.8 Å². The summed E-state index contributed by atoms with van der Waals surface area (Å²) in [5.41, 5.74) is 5.57. The van der Waals surface area contributed by atoms with Gasteiger partial charge in [0, 0.05) is 0 Å². The van der Waals surface area contributed by atoms with Gasteiger partial charge in [-0.2, -0.15) is 0 Å². The Bertz CT molecular complexity index is 385. The van der Waals surface area contributed by atoms with Crippen LogP contribution in [0.15, 0.2) is 12.2 Å². The third kappa shape index (κ3) is 26.1. The summed E-state index contributed by atoms with van der Waals surface area (Å²) in [4.78, 5) is 0. The second kappa shape index (κ2) is 27.9. The quantitative estimate of drug-likeness (QED) is 0.0836. The fourth-order valence-electron chi connectivity index (χ4n) is 4.53. The van der Waals surface area contributed by atoms with Crippen LogP contribution in [0, 0.1) is 0 Å². The second-order valence-electron chi connectivity index (χ2n) is 10.3. The maximum absolute atomic E-state index is 9.63. The number of allylic oxidation sites excluding steroid dienone is 1. The van der Waals surface area contributed by atoms with Gasteiger partial charge in [-0.05, 0) is 12.8 Å². The van der Waals surface area contributed by atoms with Gasteiger partial charge in [-0.25, -0.2) is 0 Å². The maximum atomic E-state index is 9.63. The van der Waals surface area contributed by atoms with Crippen LogP contribution in [-0.2, 0) is 0 Å². The van der Waals surface area contributed by atoms with Crippen molar-refractivity contribution in [2.24, 2.45) is 5.73 Å². The summed E-state index contributed by atoms with van der Waals surface area (Å²) in [6.07, 6.45) is 36.5. The summed E-state index contributed by atoms with van der Waals surface area (Å²) in [5.74, 6) is 0. The normalized spacial score (nSPS) is 13.7. The van der Waals surface area contributed by atoms with Crippen molar-refractivity contribution in [2.75, 3.05) is 6.61 Å². The van der Waals surface area contributed by atoms with Crippen molar-refractivity contribution in [1.29, 1.82) is 0 Å². The topological polar surface area (TPSA) is 66.5 Å². The van der Waals surface area contributed by atoms with Gasteiger partial charge >= 0.3 is 0 Å². The van der Waals surface area contributed by atoms with Crippen LogP contribution in [0.5, 0.6) is 0 Å². The maximum Gasteiger partial charge on any atom is 0.0894 e. The van der Waals surface area contributed by atoms with Gasteiger partial charge in [-0.15, -0.1) is 0 Å². The third-order valence-corrected chi connectivity index (χ3v) is 6.96. The van der Waals surface area contributed by atoms with E-state index >= 15 is 0 Å². The zero-order valence-corrected chi connectivity index (χ0v) is 22.5. The number of hydrogen-bond acceptors (Lipinski definition) is 3. The van der Waals surface area contributed by atoms with E-state index in [1.807, 2.05) is 6.08 Å². The van der Waals surface area contributed by atoms with Crippen molar-refractivity contribution in [2.45, 2.75) is 173 Å². The number of unbranched alkanes of at least 4 members (excludes halogenated alkanes) is 23. The Kier molecular flexibility index (Phi) is 27.5. The van der Waals surface area contributed by atoms with Crippen LogP contribution in [-0.4, -0.2) is 29.0 Å². The molecule has 3 nitrogen and oxygen atoms in total.